The van der Waals surface area contributed by atoms with E-state index in [1.54, 1.807) is 0 Å². The molecular weight excluding hydrogens is 398 g/mol. The zero-order valence-corrected chi connectivity index (χ0v) is 19.8. The smallest absolute Gasteiger partial charge is 0.191 e. The van der Waals surface area contributed by atoms with E-state index in [2.05, 4.69) is 65.6 Å². The van der Waals surface area contributed by atoms with Crippen molar-refractivity contribution in [2.45, 2.75) is 45.4 Å². The number of aliphatic imine (C=N–C) groups is 1. The molecule has 1 aromatic heterocycles. The highest BCUT2D eigenvalue weighted by atomic mass is 32.1. The summed E-state index contributed by atoms with van der Waals surface area (Å²) in [6, 6.07) is 4.71. The van der Waals surface area contributed by atoms with Gasteiger partial charge >= 0.3 is 0 Å². The fraction of sp³-hybridized carbons (Fsp3) is 0.773. The molecule has 0 bridgehead atoms. The number of hydrogen-bond donors (Lipinski definition) is 2. The van der Waals surface area contributed by atoms with Crippen LogP contribution in [-0.4, -0.2) is 93.0 Å². The van der Waals surface area contributed by atoms with Crippen molar-refractivity contribution in [3.8, 4) is 0 Å². The molecule has 2 saturated heterocycles. The highest BCUT2D eigenvalue weighted by molar-refractivity contribution is 7.10. The van der Waals surface area contributed by atoms with E-state index in [9.17, 15) is 0 Å². The number of hydrogen-bond acceptors (Lipinski definition) is 6. The quantitative estimate of drug-likeness (QED) is 0.480. The van der Waals surface area contributed by atoms with Crippen LogP contribution < -0.4 is 10.6 Å². The van der Waals surface area contributed by atoms with E-state index in [1.807, 2.05) is 11.3 Å². The molecule has 1 aromatic rings. The molecule has 2 aliphatic rings. The van der Waals surface area contributed by atoms with Crippen molar-refractivity contribution in [1.82, 2.24) is 20.4 Å². The van der Waals surface area contributed by atoms with Crippen LogP contribution >= 0.6 is 11.3 Å². The molecule has 2 N–H and O–H groups in total. The van der Waals surface area contributed by atoms with Gasteiger partial charge in [0.15, 0.2) is 5.96 Å². The maximum Gasteiger partial charge on any atom is 0.191 e. The number of morpholine rings is 2. The summed E-state index contributed by atoms with van der Waals surface area (Å²) in [5.74, 6) is 0.890. The van der Waals surface area contributed by atoms with Crippen LogP contribution in [0.3, 0.4) is 0 Å². The Kier molecular flexibility index (Phi) is 8.95. The van der Waals surface area contributed by atoms with Gasteiger partial charge in [0, 0.05) is 49.7 Å². The first kappa shape index (κ1) is 23.5. The molecular formula is C22H39N5O2S. The van der Waals surface area contributed by atoms with Gasteiger partial charge in [0.25, 0.3) is 0 Å². The van der Waals surface area contributed by atoms with Crippen LogP contribution in [0.15, 0.2) is 22.5 Å². The van der Waals surface area contributed by atoms with E-state index >= 15 is 0 Å². The lowest BCUT2D eigenvalue weighted by Gasteiger charge is -2.40. The summed E-state index contributed by atoms with van der Waals surface area (Å²) in [5.41, 5.74) is 0.0128. The lowest BCUT2D eigenvalue weighted by molar-refractivity contribution is -0.0334. The second kappa shape index (κ2) is 11.4. The van der Waals surface area contributed by atoms with E-state index in [1.165, 1.54) is 4.88 Å². The van der Waals surface area contributed by atoms with Crippen molar-refractivity contribution < 1.29 is 9.47 Å². The van der Waals surface area contributed by atoms with E-state index in [0.717, 1.165) is 71.6 Å². The summed E-state index contributed by atoms with van der Waals surface area (Å²) >= 11 is 1.83. The van der Waals surface area contributed by atoms with Crippen LogP contribution in [0.1, 0.15) is 38.6 Å². The first-order valence-electron chi connectivity index (χ1n) is 11.2. The van der Waals surface area contributed by atoms with E-state index in [-0.39, 0.29) is 11.6 Å². The third-order valence-corrected chi connectivity index (χ3v) is 6.86. The molecule has 0 spiro atoms. The summed E-state index contributed by atoms with van der Waals surface area (Å²) in [7, 11) is 0. The van der Waals surface area contributed by atoms with Gasteiger partial charge < -0.3 is 20.1 Å². The highest BCUT2D eigenvalue weighted by Gasteiger charge is 2.29. The molecule has 30 heavy (non-hydrogen) atoms. The molecule has 2 aliphatic heterocycles. The molecule has 0 saturated carbocycles. The molecule has 3 rings (SSSR count). The summed E-state index contributed by atoms with van der Waals surface area (Å²) in [6.45, 7) is 17.5. The highest BCUT2D eigenvalue weighted by Crippen LogP contribution is 2.26. The lowest BCUT2D eigenvalue weighted by Crippen LogP contribution is -2.52. The van der Waals surface area contributed by atoms with E-state index < -0.39 is 0 Å². The molecule has 0 amide bonds. The van der Waals surface area contributed by atoms with Gasteiger partial charge in [-0.1, -0.05) is 6.07 Å². The molecule has 170 valence electrons. The molecule has 0 radical (unpaired) electrons. The van der Waals surface area contributed by atoms with E-state index in [0.29, 0.717) is 6.04 Å². The van der Waals surface area contributed by atoms with Crippen molar-refractivity contribution in [3.63, 3.8) is 0 Å². The Hall–Kier alpha value is -1.19. The third-order valence-electron chi connectivity index (χ3n) is 5.88. The molecule has 0 aromatic carbocycles. The van der Waals surface area contributed by atoms with Crippen molar-refractivity contribution in [2.75, 3.05) is 65.6 Å². The van der Waals surface area contributed by atoms with Crippen molar-refractivity contribution in [2.24, 2.45) is 4.99 Å². The Labute approximate surface area is 185 Å². The van der Waals surface area contributed by atoms with Crippen molar-refractivity contribution in [1.29, 1.82) is 0 Å². The van der Waals surface area contributed by atoms with Gasteiger partial charge in [-0.05, 0) is 39.1 Å². The summed E-state index contributed by atoms with van der Waals surface area (Å²) in [4.78, 5) is 11.4. The second-order valence-corrected chi connectivity index (χ2v) is 9.67. The SMILES string of the molecule is CCNC(=NCC(C)(C)N1CCOCC1)NCC(c1cccs1)N1CCOC(C)C1. The fourth-order valence-electron chi connectivity index (χ4n) is 4.10. The van der Waals surface area contributed by atoms with Crippen molar-refractivity contribution in [3.05, 3.63) is 22.4 Å². The molecule has 2 fully saturated rings. The fourth-order valence-corrected chi connectivity index (χ4v) is 4.96. The Morgan fingerprint density at radius 2 is 2.07 bits per heavy atom. The number of nitrogens with one attached hydrogen (secondary N) is 2. The zero-order chi connectivity index (χ0) is 21.4. The van der Waals surface area contributed by atoms with Crippen molar-refractivity contribution >= 4 is 17.3 Å². The maximum atomic E-state index is 5.77. The second-order valence-electron chi connectivity index (χ2n) is 8.70. The van der Waals surface area contributed by atoms with E-state index in [4.69, 9.17) is 14.5 Å². The first-order chi connectivity index (χ1) is 14.5. The number of thiophene rings is 1. The predicted molar refractivity (Wildman–Crippen MR) is 124 cm³/mol. The summed E-state index contributed by atoms with van der Waals surface area (Å²) < 4.78 is 11.3. The van der Waals surface area contributed by atoms with Crippen LogP contribution in [0.4, 0.5) is 0 Å². The molecule has 7 nitrogen and oxygen atoms in total. The Balaban J connectivity index is 1.64. The molecule has 8 heteroatoms. The topological polar surface area (TPSA) is 61.4 Å². The standard InChI is InChI=1S/C22H39N5O2S/c1-5-23-21(25-17-22(3,4)27-9-11-28-12-10-27)24-15-19(20-7-6-14-30-20)26-8-13-29-18(2)16-26/h6-7,14,18-19H,5,8-13,15-17H2,1-4H3,(H2,23,24,25). The Morgan fingerprint density at radius 3 is 2.73 bits per heavy atom. The minimum atomic E-state index is 0.0128. The zero-order valence-electron chi connectivity index (χ0n) is 19.0. The van der Waals surface area contributed by atoms with Gasteiger partial charge in [-0.3, -0.25) is 14.8 Å². The van der Waals surface area contributed by atoms with Gasteiger partial charge in [0.2, 0.25) is 0 Å². The largest absolute Gasteiger partial charge is 0.379 e. The summed E-state index contributed by atoms with van der Waals surface area (Å²) in [6.07, 6.45) is 0.275. The van der Waals surface area contributed by atoms with Gasteiger partial charge in [-0.15, -0.1) is 11.3 Å². The minimum absolute atomic E-state index is 0.0128. The van der Waals surface area contributed by atoms with Crippen LogP contribution in [0.2, 0.25) is 0 Å². The van der Waals surface area contributed by atoms with Crippen LogP contribution in [-0.2, 0) is 9.47 Å². The van der Waals surface area contributed by atoms with Crippen LogP contribution in [0, 0.1) is 0 Å². The predicted octanol–water partition coefficient (Wildman–Crippen LogP) is 2.18. The Morgan fingerprint density at radius 1 is 1.27 bits per heavy atom. The van der Waals surface area contributed by atoms with Crippen LogP contribution in [0.25, 0.3) is 0 Å². The molecule has 2 unspecified atom stereocenters. The number of ether oxygens (including phenoxy) is 2. The monoisotopic (exact) mass is 437 g/mol. The van der Waals surface area contributed by atoms with Gasteiger partial charge in [-0.25, -0.2) is 0 Å². The number of guanidine groups is 1. The van der Waals surface area contributed by atoms with Gasteiger partial charge in [0.05, 0.1) is 38.5 Å². The average molecular weight is 438 g/mol. The van der Waals surface area contributed by atoms with Gasteiger partial charge in [-0.2, -0.15) is 0 Å². The Bertz CT molecular complexity index is 646. The molecule has 2 atom stereocenters. The average Bonchev–Trinajstić information content (AvgIpc) is 3.27. The molecule has 3 heterocycles. The first-order valence-corrected chi connectivity index (χ1v) is 12.1. The van der Waals surface area contributed by atoms with Gasteiger partial charge in [0.1, 0.15) is 0 Å². The number of nitrogens with zero attached hydrogens (tertiary/aromatic N) is 3. The minimum Gasteiger partial charge on any atom is -0.379 e. The van der Waals surface area contributed by atoms with Crippen LogP contribution in [0.5, 0.6) is 0 Å². The number of rotatable bonds is 8. The maximum absolute atomic E-state index is 5.77. The lowest BCUT2D eigenvalue weighted by atomic mass is 10.0. The molecule has 0 aliphatic carbocycles. The normalized spacial score (nSPS) is 23.3. The summed E-state index contributed by atoms with van der Waals surface area (Å²) in [5, 5.41) is 9.21. The third kappa shape index (κ3) is 6.65.